The standard InChI is InChI=1S/C10H10N4O2.Y/c11-10(16)12-8-6-9(15)14(13-8)7-4-2-1-3-5-7;/h1-5H,6H2,(H3,11,12,13,16);/p-1. The fourth-order valence-electron chi connectivity index (χ4n) is 1.40. The molecule has 1 aliphatic heterocycles. The van der Waals surface area contributed by atoms with Crippen LogP contribution in [0.15, 0.2) is 35.4 Å². The van der Waals surface area contributed by atoms with Crippen molar-refractivity contribution in [2.75, 3.05) is 5.01 Å². The Labute approximate surface area is 123 Å². The SMILES string of the molecule is [NH-]C(=O)NC1=NN(c2ccccc2)C(=O)C1.[Y]. The maximum Gasteiger partial charge on any atom is 0.253 e. The van der Waals surface area contributed by atoms with Crippen molar-refractivity contribution in [1.29, 1.82) is 0 Å². The fraction of sp³-hybridized carbons (Fsp3) is 0.100. The summed E-state index contributed by atoms with van der Waals surface area (Å²) in [5.74, 6) is -0.0243. The van der Waals surface area contributed by atoms with E-state index in [4.69, 9.17) is 5.73 Å². The first-order valence-electron chi connectivity index (χ1n) is 4.65. The van der Waals surface area contributed by atoms with E-state index in [1.807, 2.05) is 6.07 Å². The molecule has 3 amide bonds. The normalized spacial score (nSPS) is 14.0. The fourth-order valence-corrected chi connectivity index (χ4v) is 1.40. The molecule has 0 bridgehead atoms. The van der Waals surface area contributed by atoms with E-state index in [9.17, 15) is 9.59 Å². The number of benzene rings is 1. The Morgan fingerprint density at radius 1 is 1.35 bits per heavy atom. The Morgan fingerprint density at radius 2 is 2.00 bits per heavy atom. The Balaban J connectivity index is 0.00000144. The number of rotatable bonds is 1. The smallest absolute Gasteiger partial charge is 0.253 e. The molecule has 17 heavy (non-hydrogen) atoms. The Kier molecular flexibility index (Phi) is 4.78. The first-order valence-corrected chi connectivity index (χ1v) is 4.65. The van der Waals surface area contributed by atoms with E-state index in [0.29, 0.717) is 5.69 Å². The number of nitrogens with one attached hydrogen (secondary N) is 2. The summed E-state index contributed by atoms with van der Waals surface area (Å²) in [4.78, 5) is 22.1. The summed E-state index contributed by atoms with van der Waals surface area (Å²) in [5, 5.41) is 7.33. The molecule has 2 rings (SSSR count). The second-order valence-corrected chi connectivity index (χ2v) is 3.22. The van der Waals surface area contributed by atoms with Gasteiger partial charge in [-0.2, -0.15) is 5.10 Å². The summed E-state index contributed by atoms with van der Waals surface area (Å²) >= 11 is 0. The van der Waals surface area contributed by atoms with Crippen LogP contribution in [0.2, 0.25) is 0 Å². The van der Waals surface area contributed by atoms with Gasteiger partial charge in [0.1, 0.15) is 0 Å². The van der Waals surface area contributed by atoms with E-state index < -0.39 is 6.03 Å². The monoisotopic (exact) mass is 306 g/mol. The van der Waals surface area contributed by atoms with Gasteiger partial charge in [-0.1, -0.05) is 18.2 Å². The molecule has 0 saturated heterocycles. The minimum absolute atomic E-state index is 0. The van der Waals surface area contributed by atoms with Crippen LogP contribution in [0.3, 0.4) is 0 Å². The van der Waals surface area contributed by atoms with Crippen LogP contribution in [0.4, 0.5) is 10.5 Å². The first-order chi connectivity index (χ1) is 7.66. The van der Waals surface area contributed by atoms with Gasteiger partial charge in [0.05, 0.1) is 17.9 Å². The first kappa shape index (κ1) is 13.8. The molecule has 0 saturated carbocycles. The van der Waals surface area contributed by atoms with Crippen LogP contribution in [0, 0.1) is 0 Å². The number of hydrogen-bond acceptors (Lipinski definition) is 3. The second kappa shape index (κ2) is 5.88. The molecule has 1 aromatic rings. The maximum atomic E-state index is 11.6. The summed E-state index contributed by atoms with van der Waals surface area (Å²) in [6, 6.07) is 7.93. The maximum absolute atomic E-state index is 11.6. The summed E-state index contributed by atoms with van der Waals surface area (Å²) in [7, 11) is 0. The predicted octanol–water partition coefficient (Wildman–Crippen LogP) is 1.50. The van der Waals surface area contributed by atoms with Crippen molar-refractivity contribution in [2.24, 2.45) is 5.10 Å². The Bertz CT molecular complexity index is 461. The predicted molar refractivity (Wildman–Crippen MR) is 58.8 cm³/mol. The van der Waals surface area contributed by atoms with E-state index >= 15 is 0 Å². The van der Waals surface area contributed by atoms with Crippen molar-refractivity contribution in [2.45, 2.75) is 6.42 Å². The van der Waals surface area contributed by atoms with Gasteiger partial charge in [0, 0.05) is 32.7 Å². The number of hydrogen-bond donors (Lipinski definition) is 1. The third kappa shape index (κ3) is 3.34. The van der Waals surface area contributed by atoms with Gasteiger partial charge in [-0.15, -0.1) is 0 Å². The van der Waals surface area contributed by atoms with Gasteiger partial charge >= 0.3 is 0 Å². The summed E-state index contributed by atoms with van der Waals surface area (Å²) < 4.78 is 0. The third-order valence-electron chi connectivity index (χ3n) is 2.03. The summed E-state index contributed by atoms with van der Waals surface area (Å²) in [6.07, 6.45) is 0.0134. The number of urea groups is 1. The average molecular weight is 306 g/mol. The summed E-state index contributed by atoms with van der Waals surface area (Å²) in [6.45, 7) is 0. The molecule has 1 aromatic carbocycles. The van der Waals surface area contributed by atoms with Crippen molar-refractivity contribution in [3.05, 3.63) is 36.1 Å². The number of amidine groups is 1. The van der Waals surface area contributed by atoms with Crippen molar-refractivity contribution in [1.82, 2.24) is 5.32 Å². The number of para-hydroxylation sites is 1. The molecule has 1 aliphatic rings. The second-order valence-electron chi connectivity index (χ2n) is 3.22. The topological polar surface area (TPSA) is 85.6 Å². The Morgan fingerprint density at radius 3 is 2.59 bits per heavy atom. The molecule has 1 radical (unpaired) electrons. The average Bonchev–Trinajstić information content (AvgIpc) is 2.60. The van der Waals surface area contributed by atoms with E-state index in [1.165, 1.54) is 5.01 Å². The van der Waals surface area contributed by atoms with Crippen molar-refractivity contribution >= 4 is 23.5 Å². The van der Waals surface area contributed by atoms with Crippen LogP contribution < -0.4 is 10.3 Å². The zero-order valence-electron chi connectivity index (χ0n) is 8.88. The van der Waals surface area contributed by atoms with Crippen molar-refractivity contribution < 1.29 is 42.3 Å². The van der Waals surface area contributed by atoms with Gasteiger partial charge in [-0.25, -0.2) is 5.01 Å². The van der Waals surface area contributed by atoms with E-state index in [-0.39, 0.29) is 50.9 Å². The van der Waals surface area contributed by atoms with Gasteiger partial charge in [0.15, 0.2) is 6.03 Å². The van der Waals surface area contributed by atoms with Crippen LogP contribution in [0.25, 0.3) is 5.73 Å². The van der Waals surface area contributed by atoms with Gasteiger partial charge < -0.3 is 11.1 Å². The quantitative estimate of drug-likeness (QED) is 0.852. The molecule has 2 N–H and O–H groups in total. The van der Waals surface area contributed by atoms with E-state index in [0.717, 1.165) is 0 Å². The number of anilines is 1. The molecule has 0 spiro atoms. The molecule has 0 aromatic heterocycles. The number of nitrogens with zero attached hydrogens (tertiary/aromatic N) is 2. The number of hydrazone groups is 1. The van der Waals surface area contributed by atoms with Gasteiger partial charge in [0.2, 0.25) is 0 Å². The van der Waals surface area contributed by atoms with Crippen molar-refractivity contribution in [3.63, 3.8) is 0 Å². The van der Waals surface area contributed by atoms with E-state index in [1.54, 1.807) is 24.3 Å². The van der Waals surface area contributed by atoms with Crippen LogP contribution in [0.5, 0.6) is 0 Å². The van der Waals surface area contributed by atoms with Gasteiger partial charge in [0.25, 0.3) is 5.91 Å². The molecule has 7 heteroatoms. The van der Waals surface area contributed by atoms with Crippen LogP contribution >= 0.6 is 0 Å². The molecule has 6 nitrogen and oxygen atoms in total. The van der Waals surface area contributed by atoms with Crippen LogP contribution in [-0.4, -0.2) is 17.8 Å². The van der Waals surface area contributed by atoms with Crippen molar-refractivity contribution in [3.8, 4) is 0 Å². The number of carbonyl (C=O) groups is 2. The molecule has 0 fully saturated rings. The molecular formula is C10H9N4O2Y-. The van der Waals surface area contributed by atoms with Crippen LogP contribution in [0.1, 0.15) is 6.42 Å². The van der Waals surface area contributed by atoms with Crippen LogP contribution in [-0.2, 0) is 37.5 Å². The minimum Gasteiger partial charge on any atom is -0.447 e. The number of carbonyl (C=O) groups excluding carboxylic acids is 2. The molecule has 0 atom stereocenters. The minimum atomic E-state index is -0.971. The number of amides is 3. The third-order valence-corrected chi connectivity index (χ3v) is 2.03. The Hall–Kier alpha value is -1.27. The molecule has 0 aliphatic carbocycles. The van der Waals surface area contributed by atoms with Gasteiger partial charge in [-0.3, -0.25) is 9.59 Å². The summed E-state index contributed by atoms with van der Waals surface area (Å²) in [5.41, 5.74) is 7.36. The molecule has 85 valence electrons. The molecule has 1 heterocycles. The molecular weight excluding hydrogens is 297 g/mol. The largest absolute Gasteiger partial charge is 0.447 e. The zero-order valence-corrected chi connectivity index (χ0v) is 11.7. The van der Waals surface area contributed by atoms with Gasteiger partial charge in [-0.05, 0) is 12.1 Å². The van der Waals surface area contributed by atoms with E-state index in [2.05, 4.69) is 10.4 Å². The zero-order chi connectivity index (χ0) is 11.5. The molecule has 0 unspecified atom stereocenters.